The second kappa shape index (κ2) is 5.37. The Morgan fingerprint density at radius 3 is 2.67 bits per heavy atom. The predicted octanol–water partition coefficient (Wildman–Crippen LogP) is 2.72. The molecule has 0 heterocycles. The maximum atomic E-state index is 13.1. The van der Waals surface area contributed by atoms with Crippen LogP contribution in [-0.4, -0.2) is 25.0 Å². The Balaban J connectivity index is 2.11. The molecule has 0 saturated heterocycles. The molecule has 18 heavy (non-hydrogen) atoms. The Hall–Kier alpha value is -0.930. The maximum Gasteiger partial charge on any atom is 0.123 e. The van der Waals surface area contributed by atoms with Crippen LogP contribution >= 0.6 is 0 Å². The molecule has 1 aromatic carbocycles. The average molecular weight is 250 g/mol. The van der Waals surface area contributed by atoms with E-state index >= 15 is 0 Å². The largest absolute Gasteiger partial charge is 0.329 e. The highest BCUT2D eigenvalue weighted by atomic mass is 19.1. The lowest BCUT2D eigenvalue weighted by Crippen LogP contribution is -2.32. The van der Waals surface area contributed by atoms with Crippen LogP contribution in [0.4, 0.5) is 4.39 Å². The molecule has 0 aromatic heterocycles. The van der Waals surface area contributed by atoms with E-state index in [2.05, 4.69) is 18.9 Å². The molecule has 0 bridgehead atoms. The van der Waals surface area contributed by atoms with Crippen LogP contribution in [0.3, 0.4) is 0 Å². The molecule has 3 heteroatoms. The van der Waals surface area contributed by atoms with E-state index in [1.165, 1.54) is 12.5 Å². The summed E-state index contributed by atoms with van der Waals surface area (Å²) in [5.41, 5.74) is 8.04. The number of benzene rings is 1. The van der Waals surface area contributed by atoms with E-state index in [9.17, 15) is 4.39 Å². The van der Waals surface area contributed by atoms with E-state index in [-0.39, 0.29) is 11.9 Å². The molecule has 0 spiro atoms. The van der Waals surface area contributed by atoms with Crippen LogP contribution in [0.5, 0.6) is 0 Å². The van der Waals surface area contributed by atoms with Crippen molar-refractivity contribution in [3.8, 4) is 0 Å². The number of nitrogens with zero attached hydrogens (tertiary/aromatic N) is 1. The van der Waals surface area contributed by atoms with E-state index in [4.69, 9.17) is 5.73 Å². The summed E-state index contributed by atoms with van der Waals surface area (Å²) in [6.45, 7) is 5.90. The SMILES string of the molecule is Cc1cc(F)ccc1C(CN)N(C)CC1CC1C. The van der Waals surface area contributed by atoms with Crippen LogP contribution in [0, 0.1) is 24.6 Å². The molecule has 1 fully saturated rings. The molecule has 3 atom stereocenters. The number of likely N-dealkylation sites (N-methyl/N-ethyl adjacent to an activating group) is 1. The molecule has 100 valence electrons. The van der Waals surface area contributed by atoms with E-state index < -0.39 is 0 Å². The first kappa shape index (κ1) is 13.5. The minimum Gasteiger partial charge on any atom is -0.329 e. The molecule has 1 aromatic rings. The number of hydrogen-bond acceptors (Lipinski definition) is 2. The van der Waals surface area contributed by atoms with Gasteiger partial charge in [0.25, 0.3) is 0 Å². The number of rotatable bonds is 5. The van der Waals surface area contributed by atoms with Crippen molar-refractivity contribution in [2.45, 2.75) is 26.3 Å². The van der Waals surface area contributed by atoms with Crippen LogP contribution in [-0.2, 0) is 0 Å². The monoisotopic (exact) mass is 250 g/mol. The van der Waals surface area contributed by atoms with Crippen LogP contribution in [0.1, 0.15) is 30.5 Å². The van der Waals surface area contributed by atoms with Crippen molar-refractivity contribution in [3.05, 3.63) is 35.1 Å². The summed E-state index contributed by atoms with van der Waals surface area (Å²) >= 11 is 0. The third kappa shape index (κ3) is 2.90. The number of hydrogen-bond donors (Lipinski definition) is 1. The molecule has 0 radical (unpaired) electrons. The lowest BCUT2D eigenvalue weighted by molar-refractivity contribution is 0.236. The van der Waals surface area contributed by atoms with E-state index in [0.717, 1.165) is 29.5 Å². The Labute approximate surface area is 109 Å². The van der Waals surface area contributed by atoms with Gasteiger partial charge in [-0.1, -0.05) is 13.0 Å². The third-order valence-corrected chi connectivity index (χ3v) is 4.14. The Morgan fingerprint density at radius 2 is 2.17 bits per heavy atom. The van der Waals surface area contributed by atoms with Gasteiger partial charge < -0.3 is 5.73 Å². The Morgan fingerprint density at radius 1 is 1.50 bits per heavy atom. The van der Waals surface area contributed by atoms with Gasteiger partial charge in [0.15, 0.2) is 0 Å². The highest BCUT2D eigenvalue weighted by molar-refractivity contribution is 5.30. The Kier molecular flexibility index (Phi) is 4.03. The van der Waals surface area contributed by atoms with Gasteiger partial charge in [-0.15, -0.1) is 0 Å². The summed E-state index contributed by atoms with van der Waals surface area (Å²) in [4.78, 5) is 2.31. The van der Waals surface area contributed by atoms with Gasteiger partial charge in [0.1, 0.15) is 5.82 Å². The fourth-order valence-electron chi connectivity index (χ4n) is 2.71. The fourth-order valence-corrected chi connectivity index (χ4v) is 2.71. The number of halogens is 1. The normalized spacial score (nSPS) is 24.3. The zero-order valence-corrected chi connectivity index (χ0v) is 11.5. The molecule has 1 aliphatic rings. The molecule has 0 amide bonds. The zero-order chi connectivity index (χ0) is 13.3. The molecular formula is C15H23FN2. The first-order chi connectivity index (χ1) is 8.52. The second-order valence-corrected chi connectivity index (χ2v) is 5.67. The molecular weight excluding hydrogens is 227 g/mol. The minimum absolute atomic E-state index is 0.175. The van der Waals surface area contributed by atoms with Crippen molar-refractivity contribution in [2.75, 3.05) is 20.1 Å². The van der Waals surface area contributed by atoms with Crippen molar-refractivity contribution in [3.63, 3.8) is 0 Å². The van der Waals surface area contributed by atoms with Crippen LogP contribution in [0.15, 0.2) is 18.2 Å². The molecule has 1 saturated carbocycles. The van der Waals surface area contributed by atoms with Gasteiger partial charge in [-0.05, 0) is 55.5 Å². The highest BCUT2D eigenvalue weighted by Crippen LogP contribution is 2.39. The zero-order valence-electron chi connectivity index (χ0n) is 11.5. The number of aryl methyl sites for hydroxylation is 1. The number of nitrogens with two attached hydrogens (primary N) is 1. The maximum absolute atomic E-state index is 13.1. The van der Waals surface area contributed by atoms with E-state index in [0.29, 0.717) is 6.54 Å². The van der Waals surface area contributed by atoms with Gasteiger partial charge >= 0.3 is 0 Å². The van der Waals surface area contributed by atoms with Gasteiger partial charge in [-0.25, -0.2) is 4.39 Å². The van der Waals surface area contributed by atoms with Crippen LogP contribution in [0.25, 0.3) is 0 Å². The molecule has 1 aliphatic carbocycles. The molecule has 2 N–H and O–H groups in total. The lowest BCUT2D eigenvalue weighted by atomic mass is 10.00. The first-order valence-corrected chi connectivity index (χ1v) is 6.69. The van der Waals surface area contributed by atoms with Crippen molar-refractivity contribution >= 4 is 0 Å². The summed E-state index contributed by atoms with van der Waals surface area (Å²) in [5, 5.41) is 0. The predicted molar refractivity (Wildman–Crippen MR) is 72.8 cm³/mol. The smallest absolute Gasteiger partial charge is 0.123 e. The summed E-state index contributed by atoms with van der Waals surface area (Å²) in [5.74, 6) is 1.48. The lowest BCUT2D eigenvalue weighted by Gasteiger charge is -2.28. The van der Waals surface area contributed by atoms with E-state index in [1.807, 2.05) is 13.0 Å². The summed E-state index contributed by atoms with van der Waals surface area (Å²) < 4.78 is 13.1. The quantitative estimate of drug-likeness (QED) is 0.870. The Bertz CT molecular complexity index is 419. The van der Waals surface area contributed by atoms with Gasteiger partial charge in [0, 0.05) is 19.1 Å². The summed E-state index contributed by atoms with van der Waals surface area (Å²) in [6.07, 6.45) is 1.32. The fraction of sp³-hybridized carbons (Fsp3) is 0.600. The topological polar surface area (TPSA) is 29.3 Å². The van der Waals surface area contributed by atoms with Crippen molar-refractivity contribution < 1.29 is 4.39 Å². The van der Waals surface area contributed by atoms with Gasteiger partial charge in [-0.3, -0.25) is 4.90 Å². The van der Waals surface area contributed by atoms with Gasteiger partial charge in [-0.2, -0.15) is 0 Å². The average Bonchev–Trinajstić information content (AvgIpc) is 2.98. The van der Waals surface area contributed by atoms with Crippen LogP contribution < -0.4 is 5.73 Å². The first-order valence-electron chi connectivity index (χ1n) is 6.69. The molecule has 3 unspecified atom stereocenters. The van der Waals surface area contributed by atoms with Crippen molar-refractivity contribution in [1.82, 2.24) is 4.90 Å². The van der Waals surface area contributed by atoms with Gasteiger partial charge in [0.2, 0.25) is 0 Å². The molecule has 2 rings (SSSR count). The molecule has 0 aliphatic heterocycles. The molecule has 2 nitrogen and oxygen atoms in total. The summed E-state index contributed by atoms with van der Waals surface area (Å²) in [6, 6.07) is 5.18. The highest BCUT2D eigenvalue weighted by Gasteiger charge is 2.34. The second-order valence-electron chi connectivity index (χ2n) is 5.67. The standard InChI is InChI=1S/C15H23FN2/c1-10-6-12(10)9-18(3)15(8-17)14-5-4-13(16)7-11(14)2/h4-5,7,10,12,15H,6,8-9,17H2,1-3H3. The van der Waals surface area contributed by atoms with Gasteiger partial charge in [0.05, 0.1) is 0 Å². The van der Waals surface area contributed by atoms with Crippen molar-refractivity contribution in [2.24, 2.45) is 17.6 Å². The third-order valence-electron chi connectivity index (χ3n) is 4.14. The minimum atomic E-state index is -0.175. The van der Waals surface area contributed by atoms with Crippen LogP contribution in [0.2, 0.25) is 0 Å². The van der Waals surface area contributed by atoms with Crippen molar-refractivity contribution in [1.29, 1.82) is 0 Å². The van der Waals surface area contributed by atoms with E-state index in [1.54, 1.807) is 6.07 Å². The summed E-state index contributed by atoms with van der Waals surface area (Å²) in [7, 11) is 2.12.